The van der Waals surface area contributed by atoms with E-state index in [0.29, 0.717) is 0 Å². The predicted octanol–water partition coefficient (Wildman–Crippen LogP) is 3.41. The molecule has 6 heteroatoms. The van der Waals surface area contributed by atoms with E-state index >= 15 is 0 Å². The lowest BCUT2D eigenvalue weighted by Gasteiger charge is -2.08. The van der Waals surface area contributed by atoms with Crippen molar-refractivity contribution in [2.75, 3.05) is 0 Å². The molecular weight excluding hydrogens is 352 g/mol. The van der Waals surface area contributed by atoms with Gasteiger partial charge in [0.15, 0.2) is 0 Å². The third-order valence-electron chi connectivity index (χ3n) is 3.26. The van der Waals surface area contributed by atoms with Crippen LogP contribution in [0.2, 0.25) is 0 Å². The third-order valence-corrected chi connectivity index (χ3v) is 5.21. The maximum Gasteiger partial charge on any atom is 0.240 e. The SMILES string of the molecule is O=S(=O)(NCc1cccc2[nH]ccc12)c1ccc(Br)cc1. The van der Waals surface area contributed by atoms with Gasteiger partial charge in [-0.1, -0.05) is 28.1 Å². The molecule has 2 aromatic carbocycles. The van der Waals surface area contributed by atoms with Crippen molar-refractivity contribution in [2.24, 2.45) is 0 Å². The zero-order valence-corrected chi connectivity index (χ0v) is 13.4. The van der Waals surface area contributed by atoms with Gasteiger partial charge in [0.25, 0.3) is 0 Å². The number of hydrogen-bond donors (Lipinski definition) is 2. The van der Waals surface area contributed by atoms with Crippen LogP contribution in [-0.2, 0) is 16.6 Å². The Morgan fingerprint density at radius 1 is 1.05 bits per heavy atom. The molecule has 1 aromatic heterocycles. The molecule has 4 nitrogen and oxygen atoms in total. The maximum atomic E-state index is 12.3. The molecule has 0 aliphatic heterocycles. The van der Waals surface area contributed by atoms with E-state index in [1.54, 1.807) is 24.3 Å². The van der Waals surface area contributed by atoms with Crippen LogP contribution in [0.4, 0.5) is 0 Å². The fourth-order valence-corrected chi connectivity index (χ4v) is 3.45. The molecular formula is C15H13BrN2O2S. The summed E-state index contributed by atoms with van der Waals surface area (Å²) in [5.74, 6) is 0. The van der Waals surface area contributed by atoms with Gasteiger partial charge in [-0.25, -0.2) is 13.1 Å². The Bertz CT molecular complexity index is 870. The zero-order chi connectivity index (χ0) is 14.9. The predicted molar refractivity (Wildman–Crippen MR) is 86.5 cm³/mol. The lowest BCUT2D eigenvalue weighted by molar-refractivity contribution is 0.581. The fraction of sp³-hybridized carbons (Fsp3) is 0.0667. The monoisotopic (exact) mass is 364 g/mol. The minimum absolute atomic E-state index is 0.256. The fourth-order valence-electron chi connectivity index (χ4n) is 2.17. The van der Waals surface area contributed by atoms with E-state index in [9.17, 15) is 8.42 Å². The Hall–Kier alpha value is -1.63. The van der Waals surface area contributed by atoms with Gasteiger partial charge >= 0.3 is 0 Å². The number of halogens is 1. The van der Waals surface area contributed by atoms with Gasteiger partial charge in [-0.3, -0.25) is 0 Å². The lowest BCUT2D eigenvalue weighted by Crippen LogP contribution is -2.23. The van der Waals surface area contributed by atoms with Crippen molar-refractivity contribution in [3.05, 3.63) is 64.8 Å². The van der Waals surface area contributed by atoms with Crippen LogP contribution in [0.5, 0.6) is 0 Å². The van der Waals surface area contributed by atoms with Crippen molar-refractivity contribution in [1.29, 1.82) is 0 Å². The van der Waals surface area contributed by atoms with E-state index in [1.165, 1.54) is 0 Å². The van der Waals surface area contributed by atoms with E-state index in [4.69, 9.17) is 0 Å². The number of benzene rings is 2. The first-order valence-electron chi connectivity index (χ1n) is 6.36. The van der Waals surface area contributed by atoms with Crippen LogP contribution in [0.1, 0.15) is 5.56 Å². The second kappa shape index (κ2) is 5.63. The van der Waals surface area contributed by atoms with Gasteiger partial charge in [0.05, 0.1) is 4.90 Å². The highest BCUT2D eigenvalue weighted by molar-refractivity contribution is 9.10. The highest BCUT2D eigenvalue weighted by Gasteiger charge is 2.14. The number of H-pyrrole nitrogens is 1. The van der Waals surface area contributed by atoms with E-state index < -0.39 is 10.0 Å². The number of fused-ring (bicyclic) bond motifs is 1. The number of aromatic nitrogens is 1. The summed E-state index contributed by atoms with van der Waals surface area (Å²) in [5, 5.41) is 1.02. The first kappa shape index (κ1) is 14.3. The van der Waals surface area contributed by atoms with Gasteiger partial charge in [0, 0.05) is 28.1 Å². The minimum atomic E-state index is -3.51. The van der Waals surface area contributed by atoms with Crippen LogP contribution in [-0.4, -0.2) is 13.4 Å². The molecule has 0 aliphatic rings. The zero-order valence-electron chi connectivity index (χ0n) is 11.0. The summed E-state index contributed by atoms with van der Waals surface area (Å²) in [6, 6.07) is 14.3. The van der Waals surface area contributed by atoms with Crippen LogP contribution in [0.3, 0.4) is 0 Å². The average molecular weight is 365 g/mol. The van der Waals surface area contributed by atoms with Crippen LogP contribution < -0.4 is 4.72 Å². The molecule has 0 spiro atoms. The van der Waals surface area contributed by atoms with Crippen molar-refractivity contribution in [3.8, 4) is 0 Å². The number of hydrogen-bond acceptors (Lipinski definition) is 2. The number of aromatic amines is 1. The summed E-state index contributed by atoms with van der Waals surface area (Å²) in [5.41, 5.74) is 1.93. The molecule has 3 rings (SSSR count). The Kier molecular flexibility index (Phi) is 3.84. The second-order valence-corrected chi connectivity index (χ2v) is 7.32. The molecule has 0 saturated carbocycles. The minimum Gasteiger partial charge on any atom is -0.361 e. The van der Waals surface area contributed by atoms with Crippen LogP contribution in [0.25, 0.3) is 10.9 Å². The molecule has 108 valence electrons. The molecule has 0 amide bonds. The molecule has 0 radical (unpaired) electrons. The second-order valence-electron chi connectivity index (χ2n) is 4.63. The van der Waals surface area contributed by atoms with Crippen molar-refractivity contribution >= 4 is 36.9 Å². The van der Waals surface area contributed by atoms with Crippen molar-refractivity contribution in [1.82, 2.24) is 9.71 Å². The van der Waals surface area contributed by atoms with E-state index in [2.05, 4.69) is 25.6 Å². The normalized spacial score (nSPS) is 11.9. The van der Waals surface area contributed by atoms with Gasteiger partial charge in [-0.2, -0.15) is 0 Å². The first-order chi connectivity index (χ1) is 10.1. The first-order valence-corrected chi connectivity index (χ1v) is 8.64. The Morgan fingerprint density at radius 2 is 1.81 bits per heavy atom. The largest absolute Gasteiger partial charge is 0.361 e. The van der Waals surface area contributed by atoms with Crippen molar-refractivity contribution in [3.63, 3.8) is 0 Å². The molecule has 0 fully saturated rings. The lowest BCUT2D eigenvalue weighted by atomic mass is 10.1. The van der Waals surface area contributed by atoms with E-state index in [1.807, 2.05) is 30.5 Å². The van der Waals surface area contributed by atoms with Crippen LogP contribution in [0.15, 0.2) is 64.1 Å². The number of sulfonamides is 1. The molecule has 0 atom stereocenters. The topological polar surface area (TPSA) is 62.0 Å². The van der Waals surface area contributed by atoms with Gasteiger partial charge in [-0.15, -0.1) is 0 Å². The van der Waals surface area contributed by atoms with Gasteiger partial charge in [-0.05, 0) is 42.0 Å². The molecule has 3 aromatic rings. The molecule has 0 unspecified atom stereocenters. The maximum absolute atomic E-state index is 12.3. The van der Waals surface area contributed by atoms with Gasteiger partial charge < -0.3 is 4.98 Å². The molecule has 21 heavy (non-hydrogen) atoms. The van der Waals surface area contributed by atoms with Crippen molar-refractivity contribution in [2.45, 2.75) is 11.4 Å². The molecule has 0 saturated heterocycles. The smallest absolute Gasteiger partial charge is 0.240 e. The van der Waals surface area contributed by atoms with Crippen LogP contribution in [0, 0.1) is 0 Å². The van der Waals surface area contributed by atoms with Crippen molar-refractivity contribution < 1.29 is 8.42 Å². The highest BCUT2D eigenvalue weighted by atomic mass is 79.9. The quantitative estimate of drug-likeness (QED) is 0.744. The summed E-state index contributed by atoms with van der Waals surface area (Å²) in [7, 11) is -3.51. The summed E-state index contributed by atoms with van der Waals surface area (Å²) in [6.07, 6.45) is 1.84. The molecule has 0 aliphatic carbocycles. The third kappa shape index (κ3) is 3.02. The standard InChI is InChI=1S/C15H13BrN2O2S/c16-12-4-6-13(7-5-12)21(19,20)18-10-11-2-1-3-15-14(11)8-9-17-15/h1-9,17-18H,10H2. The van der Waals surface area contributed by atoms with Crippen LogP contribution >= 0.6 is 15.9 Å². The number of nitrogens with one attached hydrogen (secondary N) is 2. The summed E-state index contributed by atoms with van der Waals surface area (Å²) in [6.45, 7) is 0.258. The highest BCUT2D eigenvalue weighted by Crippen LogP contribution is 2.19. The Labute approximate surface area is 131 Å². The average Bonchev–Trinajstić information content (AvgIpc) is 2.94. The van der Waals surface area contributed by atoms with E-state index in [-0.39, 0.29) is 11.4 Å². The molecule has 0 bridgehead atoms. The van der Waals surface area contributed by atoms with Gasteiger partial charge in [0.2, 0.25) is 10.0 Å². The summed E-state index contributed by atoms with van der Waals surface area (Å²) in [4.78, 5) is 3.37. The Morgan fingerprint density at radius 3 is 2.57 bits per heavy atom. The Balaban J connectivity index is 1.83. The summed E-state index contributed by atoms with van der Waals surface area (Å²) >= 11 is 3.29. The van der Waals surface area contributed by atoms with E-state index in [0.717, 1.165) is 20.9 Å². The molecule has 2 N–H and O–H groups in total. The molecule has 1 heterocycles. The number of rotatable bonds is 4. The summed E-state index contributed by atoms with van der Waals surface area (Å²) < 4.78 is 28.0. The van der Waals surface area contributed by atoms with Gasteiger partial charge in [0.1, 0.15) is 0 Å².